The van der Waals surface area contributed by atoms with E-state index in [1.165, 1.54) is 0 Å². The third-order valence-corrected chi connectivity index (χ3v) is 7.68. The molecule has 0 spiro atoms. The molecule has 0 saturated carbocycles. The number of hydrogen-bond donors (Lipinski definition) is 2. The second-order valence-electron chi connectivity index (χ2n) is 9.63. The number of H-pyrrole nitrogens is 1. The number of nitrogens with zero attached hydrogens (tertiary/aromatic N) is 4. The highest BCUT2D eigenvalue weighted by atomic mass is 16.3. The topological polar surface area (TPSA) is 104 Å². The molecule has 33 heavy (non-hydrogen) atoms. The number of carbonyl (C=O) groups excluding carboxylic acids is 1. The van der Waals surface area contributed by atoms with Gasteiger partial charge in [0, 0.05) is 30.5 Å². The Labute approximate surface area is 191 Å². The zero-order chi connectivity index (χ0) is 22.7. The van der Waals surface area contributed by atoms with Crippen molar-refractivity contribution >= 4 is 5.91 Å². The van der Waals surface area contributed by atoms with Crippen molar-refractivity contribution in [2.24, 2.45) is 0 Å². The minimum Gasteiger partial charge on any atom is -0.385 e. The lowest BCUT2D eigenvalue weighted by Gasteiger charge is -2.44. The molecule has 2 aliphatic heterocycles. The van der Waals surface area contributed by atoms with Gasteiger partial charge in [-0.1, -0.05) is 30.3 Å². The van der Waals surface area contributed by atoms with Crippen LogP contribution in [0.5, 0.6) is 0 Å². The van der Waals surface area contributed by atoms with Gasteiger partial charge in [-0.15, -0.1) is 0 Å². The molecule has 3 aromatic rings. The Morgan fingerprint density at radius 2 is 1.88 bits per heavy atom. The second-order valence-corrected chi connectivity index (χ2v) is 9.63. The highest BCUT2D eigenvalue weighted by Gasteiger charge is 2.50. The first kappa shape index (κ1) is 20.4. The van der Waals surface area contributed by atoms with Gasteiger partial charge < -0.3 is 10.0 Å². The summed E-state index contributed by atoms with van der Waals surface area (Å²) in [5.41, 5.74) is 2.65. The summed E-state index contributed by atoms with van der Waals surface area (Å²) >= 11 is 0. The van der Waals surface area contributed by atoms with E-state index < -0.39 is 5.60 Å². The summed E-state index contributed by atoms with van der Waals surface area (Å²) in [4.78, 5) is 35.5. The molecule has 2 bridgehead atoms. The molecule has 4 heterocycles. The zero-order valence-electron chi connectivity index (χ0n) is 18.6. The van der Waals surface area contributed by atoms with Crippen molar-refractivity contribution in [3.63, 3.8) is 0 Å². The Morgan fingerprint density at radius 3 is 2.61 bits per heavy atom. The third kappa shape index (κ3) is 3.15. The summed E-state index contributed by atoms with van der Waals surface area (Å²) in [6.07, 6.45) is 6.90. The number of amides is 1. The normalized spacial score (nSPS) is 25.9. The molecule has 2 saturated heterocycles. The maximum Gasteiger partial charge on any atom is 0.257 e. The van der Waals surface area contributed by atoms with Crippen molar-refractivity contribution < 1.29 is 9.90 Å². The van der Waals surface area contributed by atoms with Gasteiger partial charge in [0.1, 0.15) is 0 Å². The number of aromatic nitrogens is 4. The van der Waals surface area contributed by atoms with Crippen LogP contribution in [0.15, 0.2) is 41.3 Å². The summed E-state index contributed by atoms with van der Waals surface area (Å²) in [7, 11) is 0. The molecule has 2 unspecified atom stereocenters. The SMILES string of the molecule is Cc1c(C(=O)N2C3CCC2CC(O)(c2ccccc2)C3)cnn1-c1nc2c(c(=O)[nH]1)CCC2. The van der Waals surface area contributed by atoms with Gasteiger partial charge in [-0.25, -0.2) is 9.67 Å². The van der Waals surface area contributed by atoms with Crippen molar-refractivity contribution in [3.05, 3.63) is 75.0 Å². The number of aliphatic hydroxyl groups is 1. The zero-order valence-corrected chi connectivity index (χ0v) is 18.6. The molecule has 0 radical (unpaired) electrons. The highest BCUT2D eigenvalue weighted by molar-refractivity contribution is 5.96. The lowest BCUT2D eigenvalue weighted by atomic mass is 9.80. The first-order valence-electron chi connectivity index (χ1n) is 11.7. The molecule has 2 atom stereocenters. The molecule has 2 aromatic heterocycles. The predicted octanol–water partition coefficient (Wildman–Crippen LogP) is 2.41. The monoisotopic (exact) mass is 445 g/mol. The van der Waals surface area contributed by atoms with Gasteiger partial charge >= 0.3 is 0 Å². The van der Waals surface area contributed by atoms with Gasteiger partial charge in [0.2, 0.25) is 5.95 Å². The van der Waals surface area contributed by atoms with Gasteiger partial charge in [-0.05, 0) is 44.6 Å². The molecule has 3 aliphatic rings. The number of rotatable bonds is 3. The fraction of sp³-hybridized carbons (Fsp3) is 0.440. The number of hydrogen-bond acceptors (Lipinski definition) is 5. The quantitative estimate of drug-likeness (QED) is 0.644. The average Bonchev–Trinajstić information content (AvgIpc) is 3.51. The molecule has 170 valence electrons. The average molecular weight is 446 g/mol. The van der Waals surface area contributed by atoms with Gasteiger partial charge in [0.05, 0.1) is 28.7 Å². The van der Waals surface area contributed by atoms with Crippen molar-refractivity contribution in [2.75, 3.05) is 0 Å². The largest absolute Gasteiger partial charge is 0.385 e. The van der Waals surface area contributed by atoms with E-state index in [0.29, 0.717) is 30.0 Å². The molecule has 6 rings (SSSR count). The number of aromatic amines is 1. The number of benzene rings is 1. The molecule has 2 N–H and O–H groups in total. The van der Waals surface area contributed by atoms with Gasteiger partial charge in [0.15, 0.2) is 0 Å². The van der Waals surface area contributed by atoms with E-state index in [9.17, 15) is 14.7 Å². The van der Waals surface area contributed by atoms with E-state index in [-0.39, 0.29) is 23.6 Å². The van der Waals surface area contributed by atoms with Crippen LogP contribution in [-0.4, -0.2) is 47.7 Å². The smallest absolute Gasteiger partial charge is 0.257 e. The first-order chi connectivity index (χ1) is 15.9. The van der Waals surface area contributed by atoms with Crippen LogP contribution in [0, 0.1) is 6.92 Å². The van der Waals surface area contributed by atoms with Crippen molar-refractivity contribution in [2.45, 2.75) is 69.6 Å². The fourth-order valence-electron chi connectivity index (χ4n) is 6.04. The van der Waals surface area contributed by atoms with Gasteiger partial charge in [0.25, 0.3) is 11.5 Å². The highest BCUT2D eigenvalue weighted by Crippen LogP contribution is 2.46. The Bertz CT molecular complexity index is 1280. The lowest BCUT2D eigenvalue weighted by Crippen LogP contribution is -2.52. The van der Waals surface area contributed by atoms with E-state index >= 15 is 0 Å². The summed E-state index contributed by atoms with van der Waals surface area (Å²) < 4.78 is 1.55. The van der Waals surface area contributed by atoms with Crippen LogP contribution in [0.25, 0.3) is 5.95 Å². The number of nitrogens with one attached hydrogen (secondary N) is 1. The minimum atomic E-state index is -0.906. The van der Waals surface area contributed by atoms with Crippen LogP contribution >= 0.6 is 0 Å². The standard InChI is InChI=1S/C25H27N5O3/c1-15-20(14-26-30(15)24-27-21-9-5-8-19(21)22(31)28-24)23(32)29-17-10-11-18(29)13-25(33,12-17)16-6-3-2-4-7-16/h2-4,6-7,14,17-18,33H,5,8-13H2,1H3,(H,27,28,31). The molecular formula is C25H27N5O3. The molecular weight excluding hydrogens is 418 g/mol. The van der Waals surface area contributed by atoms with E-state index in [4.69, 9.17) is 0 Å². The number of piperidine rings is 1. The maximum absolute atomic E-state index is 13.6. The third-order valence-electron chi connectivity index (χ3n) is 7.68. The molecule has 1 amide bonds. The van der Waals surface area contributed by atoms with Crippen LogP contribution < -0.4 is 5.56 Å². The van der Waals surface area contributed by atoms with Crippen molar-refractivity contribution in [3.8, 4) is 5.95 Å². The van der Waals surface area contributed by atoms with E-state index in [0.717, 1.165) is 48.9 Å². The lowest BCUT2D eigenvalue weighted by molar-refractivity contribution is -0.0479. The molecule has 8 nitrogen and oxygen atoms in total. The molecule has 2 fully saturated rings. The van der Waals surface area contributed by atoms with E-state index in [1.54, 1.807) is 10.9 Å². The summed E-state index contributed by atoms with van der Waals surface area (Å²) in [5.74, 6) is 0.294. The van der Waals surface area contributed by atoms with E-state index in [2.05, 4.69) is 15.1 Å². The van der Waals surface area contributed by atoms with Crippen LogP contribution in [0.1, 0.15) is 65.0 Å². The number of fused-ring (bicyclic) bond motifs is 3. The summed E-state index contributed by atoms with van der Waals surface area (Å²) in [6, 6.07) is 9.75. The Morgan fingerprint density at radius 1 is 1.15 bits per heavy atom. The van der Waals surface area contributed by atoms with Crippen LogP contribution in [-0.2, 0) is 18.4 Å². The molecule has 1 aliphatic carbocycles. The van der Waals surface area contributed by atoms with Crippen LogP contribution in [0.2, 0.25) is 0 Å². The summed E-state index contributed by atoms with van der Waals surface area (Å²) in [6.45, 7) is 1.83. The Hall–Kier alpha value is -3.26. The molecule has 8 heteroatoms. The van der Waals surface area contributed by atoms with Crippen molar-refractivity contribution in [1.82, 2.24) is 24.6 Å². The van der Waals surface area contributed by atoms with Gasteiger partial charge in [-0.3, -0.25) is 14.6 Å². The van der Waals surface area contributed by atoms with Crippen LogP contribution in [0.3, 0.4) is 0 Å². The minimum absolute atomic E-state index is 0.0119. The van der Waals surface area contributed by atoms with E-state index in [1.807, 2.05) is 42.2 Å². The Balaban J connectivity index is 1.29. The first-order valence-corrected chi connectivity index (χ1v) is 11.7. The van der Waals surface area contributed by atoms with Gasteiger partial charge in [-0.2, -0.15) is 5.10 Å². The number of carbonyl (C=O) groups is 1. The summed E-state index contributed by atoms with van der Waals surface area (Å²) in [5, 5.41) is 15.8. The number of aryl methyl sites for hydroxylation is 1. The fourth-order valence-corrected chi connectivity index (χ4v) is 6.04. The maximum atomic E-state index is 13.6. The predicted molar refractivity (Wildman–Crippen MR) is 121 cm³/mol. The van der Waals surface area contributed by atoms with Crippen LogP contribution in [0.4, 0.5) is 0 Å². The van der Waals surface area contributed by atoms with Crippen molar-refractivity contribution in [1.29, 1.82) is 0 Å². The Kier molecular flexibility index (Phi) is 4.55. The second kappa shape index (κ2) is 7.38. The molecule has 1 aromatic carbocycles.